The molecule has 6 nitrogen and oxygen atoms in total. The lowest BCUT2D eigenvalue weighted by Gasteiger charge is -2.22. The number of amides is 1. The first-order valence-corrected chi connectivity index (χ1v) is 9.61. The van der Waals surface area contributed by atoms with Gasteiger partial charge in [0.25, 0.3) is 5.91 Å². The molecular formula is C22H31N5O. The average molecular weight is 382 g/mol. The van der Waals surface area contributed by atoms with E-state index in [1.54, 1.807) is 10.8 Å². The van der Waals surface area contributed by atoms with Crippen LogP contribution in [0.25, 0.3) is 6.08 Å². The molecule has 0 unspecified atom stereocenters. The van der Waals surface area contributed by atoms with Gasteiger partial charge in [-0.3, -0.25) is 4.79 Å². The number of anilines is 1. The molecule has 0 aromatic carbocycles. The van der Waals surface area contributed by atoms with Crippen LogP contribution in [-0.2, 0) is 16.9 Å². The third-order valence-electron chi connectivity index (χ3n) is 4.53. The van der Waals surface area contributed by atoms with Crippen molar-refractivity contribution in [3.05, 3.63) is 40.4 Å². The van der Waals surface area contributed by atoms with Crippen molar-refractivity contribution in [2.24, 2.45) is 5.92 Å². The molecular weight excluding hydrogens is 350 g/mol. The van der Waals surface area contributed by atoms with Crippen molar-refractivity contribution in [3.63, 3.8) is 0 Å². The molecule has 2 aromatic heterocycles. The van der Waals surface area contributed by atoms with Crippen LogP contribution < -0.4 is 5.32 Å². The highest BCUT2D eigenvalue weighted by molar-refractivity contribution is 6.09. The van der Waals surface area contributed by atoms with Gasteiger partial charge in [-0.15, -0.1) is 0 Å². The number of carbonyl (C=O) groups excluding carboxylic acids is 1. The van der Waals surface area contributed by atoms with Gasteiger partial charge in [-0.05, 0) is 65.2 Å². The second-order valence-corrected chi connectivity index (χ2v) is 8.71. The Hall–Kier alpha value is -2.81. The standard InChI is InChI=1S/C22H31N5O/c1-14(2)13-26-16(4)10-18(17(26)5)11-19(12-23)21(28)24-20-9-15(3)25-27(20)22(6,7)8/h9-11,14H,13H2,1-8H3,(H,24,28)/b19-11-. The molecule has 150 valence electrons. The van der Waals surface area contributed by atoms with Crippen molar-refractivity contribution in [3.8, 4) is 6.07 Å². The monoisotopic (exact) mass is 381 g/mol. The molecule has 0 saturated carbocycles. The van der Waals surface area contributed by atoms with Gasteiger partial charge in [0, 0.05) is 24.0 Å². The summed E-state index contributed by atoms with van der Waals surface area (Å²) in [7, 11) is 0. The lowest BCUT2D eigenvalue weighted by atomic mass is 10.1. The van der Waals surface area contributed by atoms with Gasteiger partial charge in [0.15, 0.2) is 0 Å². The molecule has 1 amide bonds. The number of aromatic nitrogens is 3. The van der Waals surface area contributed by atoms with Crippen LogP contribution in [0.1, 0.15) is 57.3 Å². The fraction of sp³-hybridized carbons (Fsp3) is 0.500. The Balaban J connectivity index is 2.35. The molecule has 0 aliphatic heterocycles. The molecule has 2 aromatic rings. The topological polar surface area (TPSA) is 75.6 Å². The number of hydrogen-bond donors (Lipinski definition) is 1. The number of rotatable bonds is 5. The number of nitriles is 1. The minimum absolute atomic E-state index is 0.0732. The molecule has 0 atom stereocenters. The van der Waals surface area contributed by atoms with E-state index in [4.69, 9.17) is 0 Å². The van der Waals surface area contributed by atoms with Gasteiger partial charge in [-0.2, -0.15) is 10.4 Å². The summed E-state index contributed by atoms with van der Waals surface area (Å²) in [5.41, 5.74) is 3.67. The van der Waals surface area contributed by atoms with Crippen LogP contribution in [0.15, 0.2) is 17.7 Å². The Bertz CT molecular complexity index is 945. The summed E-state index contributed by atoms with van der Waals surface area (Å²) in [6, 6.07) is 5.87. The minimum atomic E-state index is -0.429. The van der Waals surface area contributed by atoms with Crippen molar-refractivity contribution < 1.29 is 4.79 Å². The summed E-state index contributed by atoms with van der Waals surface area (Å²) in [6.07, 6.45) is 1.67. The zero-order valence-electron chi connectivity index (χ0n) is 18.2. The zero-order chi connectivity index (χ0) is 21.2. The highest BCUT2D eigenvalue weighted by Crippen LogP contribution is 2.23. The largest absolute Gasteiger partial charge is 0.348 e. The molecule has 0 bridgehead atoms. The molecule has 0 aliphatic carbocycles. The number of nitrogens with zero attached hydrogens (tertiary/aromatic N) is 4. The van der Waals surface area contributed by atoms with E-state index in [2.05, 4.69) is 28.8 Å². The van der Waals surface area contributed by atoms with E-state index < -0.39 is 5.91 Å². The third-order valence-corrected chi connectivity index (χ3v) is 4.53. The zero-order valence-corrected chi connectivity index (χ0v) is 18.2. The maximum atomic E-state index is 12.8. The molecule has 2 heterocycles. The quantitative estimate of drug-likeness (QED) is 0.609. The minimum Gasteiger partial charge on any atom is -0.348 e. The summed E-state index contributed by atoms with van der Waals surface area (Å²) in [5.74, 6) is 0.671. The third kappa shape index (κ3) is 4.72. The summed E-state index contributed by atoms with van der Waals surface area (Å²) in [4.78, 5) is 12.8. The van der Waals surface area contributed by atoms with Crippen LogP contribution in [0.4, 0.5) is 5.82 Å². The smallest absolute Gasteiger partial charge is 0.267 e. The molecule has 1 N–H and O–H groups in total. The SMILES string of the molecule is Cc1cc(NC(=O)/C(C#N)=C\c2cc(C)n(CC(C)C)c2C)n(C(C)(C)C)n1. The molecule has 0 radical (unpaired) electrons. The van der Waals surface area contributed by atoms with E-state index in [1.165, 1.54) is 0 Å². The van der Waals surface area contributed by atoms with E-state index in [0.29, 0.717) is 11.7 Å². The average Bonchev–Trinajstić information content (AvgIpc) is 3.06. The molecule has 0 spiro atoms. The van der Waals surface area contributed by atoms with E-state index in [1.807, 2.05) is 59.7 Å². The van der Waals surface area contributed by atoms with E-state index in [-0.39, 0.29) is 11.1 Å². The molecule has 0 fully saturated rings. The number of carbonyl (C=O) groups is 1. The van der Waals surface area contributed by atoms with Gasteiger partial charge in [-0.1, -0.05) is 13.8 Å². The van der Waals surface area contributed by atoms with Crippen LogP contribution >= 0.6 is 0 Å². The predicted molar refractivity (Wildman–Crippen MR) is 113 cm³/mol. The lowest BCUT2D eigenvalue weighted by molar-refractivity contribution is -0.112. The predicted octanol–water partition coefficient (Wildman–Crippen LogP) is 4.57. The molecule has 2 rings (SSSR count). The summed E-state index contributed by atoms with van der Waals surface area (Å²) >= 11 is 0. The summed E-state index contributed by atoms with van der Waals surface area (Å²) in [5, 5.41) is 16.9. The van der Waals surface area contributed by atoms with Crippen molar-refractivity contribution in [2.75, 3.05) is 5.32 Å². The number of nitrogens with one attached hydrogen (secondary N) is 1. The number of hydrogen-bond acceptors (Lipinski definition) is 3. The molecule has 28 heavy (non-hydrogen) atoms. The fourth-order valence-corrected chi connectivity index (χ4v) is 3.21. The van der Waals surface area contributed by atoms with Crippen molar-refractivity contribution >= 4 is 17.8 Å². The van der Waals surface area contributed by atoms with Crippen molar-refractivity contribution in [1.29, 1.82) is 5.26 Å². The first-order chi connectivity index (χ1) is 12.9. The number of aryl methyl sites for hydroxylation is 2. The van der Waals surface area contributed by atoms with Crippen LogP contribution in [0.3, 0.4) is 0 Å². The van der Waals surface area contributed by atoms with Crippen LogP contribution in [0, 0.1) is 38.0 Å². The Morgan fingerprint density at radius 1 is 1.29 bits per heavy atom. The highest BCUT2D eigenvalue weighted by Gasteiger charge is 2.21. The Morgan fingerprint density at radius 3 is 2.46 bits per heavy atom. The van der Waals surface area contributed by atoms with E-state index in [9.17, 15) is 10.1 Å². The summed E-state index contributed by atoms with van der Waals surface area (Å²) < 4.78 is 3.99. The Morgan fingerprint density at radius 2 is 1.93 bits per heavy atom. The second kappa shape index (κ2) is 8.05. The molecule has 0 aliphatic rings. The van der Waals surface area contributed by atoms with Gasteiger partial charge in [0.1, 0.15) is 17.5 Å². The van der Waals surface area contributed by atoms with Gasteiger partial charge >= 0.3 is 0 Å². The highest BCUT2D eigenvalue weighted by atomic mass is 16.1. The fourth-order valence-electron chi connectivity index (χ4n) is 3.21. The van der Waals surface area contributed by atoms with Gasteiger partial charge in [0.2, 0.25) is 0 Å². The van der Waals surface area contributed by atoms with Gasteiger partial charge in [0.05, 0.1) is 11.2 Å². The Kier molecular flexibility index (Phi) is 6.18. The first-order valence-electron chi connectivity index (χ1n) is 9.61. The molecule has 6 heteroatoms. The molecule has 0 saturated heterocycles. The van der Waals surface area contributed by atoms with Crippen molar-refractivity contribution in [2.45, 2.75) is 67.5 Å². The van der Waals surface area contributed by atoms with Crippen LogP contribution in [-0.4, -0.2) is 20.3 Å². The maximum Gasteiger partial charge on any atom is 0.267 e. The van der Waals surface area contributed by atoms with E-state index >= 15 is 0 Å². The lowest BCUT2D eigenvalue weighted by Crippen LogP contribution is -2.27. The van der Waals surface area contributed by atoms with Gasteiger partial charge in [-0.25, -0.2) is 4.68 Å². The first kappa shape index (κ1) is 21.5. The van der Waals surface area contributed by atoms with Gasteiger partial charge < -0.3 is 9.88 Å². The normalized spacial score (nSPS) is 12.4. The summed E-state index contributed by atoms with van der Waals surface area (Å²) in [6.45, 7) is 17.2. The maximum absolute atomic E-state index is 12.8. The van der Waals surface area contributed by atoms with Crippen LogP contribution in [0.2, 0.25) is 0 Å². The Labute approximate surface area is 167 Å². The van der Waals surface area contributed by atoms with Crippen LogP contribution in [0.5, 0.6) is 0 Å². The second-order valence-electron chi connectivity index (χ2n) is 8.71. The van der Waals surface area contributed by atoms with E-state index in [0.717, 1.165) is 29.2 Å². The van der Waals surface area contributed by atoms with Crippen molar-refractivity contribution in [1.82, 2.24) is 14.3 Å².